The summed E-state index contributed by atoms with van der Waals surface area (Å²) in [6, 6.07) is 14.1. The summed E-state index contributed by atoms with van der Waals surface area (Å²) in [4.78, 5) is 33.3. The van der Waals surface area contributed by atoms with Crippen molar-refractivity contribution in [1.29, 1.82) is 0 Å². The van der Waals surface area contributed by atoms with Crippen molar-refractivity contribution in [3.8, 4) is 0 Å². The molecule has 2 aromatic rings. The first-order valence-corrected chi connectivity index (χ1v) is 10.9. The van der Waals surface area contributed by atoms with E-state index in [1.807, 2.05) is 42.5 Å². The number of rotatable bonds is 3. The van der Waals surface area contributed by atoms with E-state index in [1.54, 1.807) is 0 Å². The number of benzene rings is 2. The highest BCUT2D eigenvalue weighted by molar-refractivity contribution is 6.23. The first kappa shape index (κ1) is 20.2. The number of fused-ring (bicyclic) bond motifs is 8. The van der Waals surface area contributed by atoms with Crippen LogP contribution in [-0.2, 0) is 20.6 Å². The topological polar surface area (TPSA) is 59.0 Å². The van der Waals surface area contributed by atoms with Crippen molar-refractivity contribution in [3.05, 3.63) is 71.8 Å². The molecule has 0 unspecified atom stereocenters. The summed E-state index contributed by atoms with van der Waals surface area (Å²) in [6.07, 6.45) is -0.342. The molecule has 5 nitrogen and oxygen atoms in total. The molecule has 2 aromatic carbocycles. The lowest BCUT2D eigenvalue weighted by Gasteiger charge is -2.29. The number of carbonyl (C=O) groups is 2. The molecule has 2 bridgehead atoms. The molecule has 2 amide bonds. The lowest BCUT2D eigenvalue weighted by atomic mass is 9.72. The third-order valence-electron chi connectivity index (χ3n) is 7.40. The van der Waals surface area contributed by atoms with E-state index in [2.05, 4.69) is 5.16 Å². The van der Waals surface area contributed by atoms with Gasteiger partial charge in [0.2, 0.25) is 11.8 Å². The number of hydrogen-bond acceptors (Lipinski definition) is 4. The molecule has 168 valence electrons. The lowest BCUT2D eigenvalue weighted by molar-refractivity contribution is -0.137. The van der Waals surface area contributed by atoms with Crippen molar-refractivity contribution in [2.45, 2.75) is 18.7 Å². The summed E-state index contributed by atoms with van der Waals surface area (Å²) in [5, 5.41) is 4.24. The lowest BCUT2D eigenvalue weighted by Crippen LogP contribution is -2.40. The number of oxime groups is 1. The number of amides is 2. The van der Waals surface area contributed by atoms with Crippen LogP contribution in [0.1, 0.15) is 17.5 Å². The average molecular weight is 452 g/mol. The van der Waals surface area contributed by atoms with Gasteiger partial charge in [-0.1, -0.05) is 47.6 Å². The van der Waals surface area contributed by atoms with Crippen molar-refractivity contribution in [2.24, 2.45) is 34.7 Å². The van der Waals surface area contributed by atoms with Gasteiger partial charge in [-0.3, -0.25) is 14.5 Å². The number of allylic oxidation sites excluding steroid dienone is 1. The summed E-state index contributed by atoms with van der Waals surface area (Å²) >= 11 is 0. The minimum atomic E-state index is -4.56. The van der Waals surface area contributed by atoms with Gasteiger partial charge in [0.25, 0.3) is 0 Å². The van der Waals surface area contributed by atoms with Gasteiger partial charge >= 0.3 is 6.18 Å². The molecule has 8 heteroatoms. The van der Waals surface area contributed by atoms with Crippen LogP contribution in [0.25, 0.3) is 6.08 Å². The van der Waals surface area contributed by atoms with E-state index in [-0.39, 0.29) is 29.5 Å². The van der Waals surface area contributed by atoms with Crippen molar-refractivity contribution < 1.29 is 27.6 Å². The number of halogens is 3. The zero-order valence-corrected chi connectivity index (χ0v) is 17.3. The quantitative estimate of drug-likeness (QED) is 0.643. The van der Waals surface area contributed by atoms with E-state index in [0.717, 1.165) is 28.3 Å². The Morgan fingerprint density at radius 2 is 1.64 bits per heavy atom. The molecule has 0 spiro atoms. The van der Waals surface area contributed by atoms with Gasteiger partial charge in [-0.25, -0.2) is 0 Å². The number of alkyl halides is 3. The van der Waals surface area contributed by atoms with Gasteiger partial charge in [0.1, 0.15) is 6.10 Å². The Bertz CT molecular complexity index is 1210. The van der Waals surface area contributed by atoms with Gasteiger partial charge in [-0.2, -0.15) is 13.2 Å². The molecule has 1 saturated heterocycles. The van der Waals surface area contributed by atoms with Gasteiger partial charge in [0.05, 0.1) is 28.8 Å². The van der Waals surface area contributed by atoms with Gasteiger partial charge in [0, 0.05) is 11.8 Å². The highest BCUT2D eigenvalue weighted by Crippen LogP contribution is 2.61. The summed E-state index contributed by atoms with van der Waals surface area (Å²) in [5.41, 5.74) is 0.832. The van der Waals surface area contributed by atoms with E-state index in [0.29, 0.717) is 6.42 Å². The fraction of sp³-hybridized carbons (Fsp3) is 0.320. The van der Waals surface area contributed by atoms with Gasteiger partial charge < -0.3 is 4.84 Å². The van der Waals surface area contributed by atoms with Crippen molar-refractivity contribution in [2.75, 3.05) is 4.90 Å². The van der Waals surface area contributed by atoms with Crippen LogP contribution in [0, 0.1) is 29.6 Å². The molecule has 0 aromatic heterocycles. The van der Waals surface area contributed by atoms with E-state index < -0.39 is 35.4 Å². The van der Waals surface area contributed by atoms with Crippen LogP contribution in [0.2, 0.25) is 0 Å². The Hall–Kier alpha value is -3.42. The Morgan fingerprint density at radius 1 is 0.909 bits per heavy atom. The Kier molecular flexibility index (Phi) is 4.31. The molecule has 33 heavy (non-hydrogen) atoms. The SMILES string of the molecule is O=C1[C@@H]2[C@H]3C[C@H]([C@H]4ON=C(/C=C/c5ccccc5)[C@@H]34)[C@@H]2C(=O)N1c1cccc(C(F)(F)F)c1. The minimum absolute atomic E-state index is 0.0300. The van der Waals surface area contributed by atoms with Crippen LogP contribution in [-0.4, -0.2) is 23.6 Å². The van der Waals surface area contributed by atoms with Crippen LogP contribution in [0.3, 0.4) is 0 Å². The van der Waals surface area contributed by atoms with Crippen LogP contribution in [0.4, 0.5) is 18.9 Å². The zero-order chi connectivity index (χ0) is 22.9. The highest BCUT2D eigenvalue weighted by Gasteiger charge is 2.70. The second kappa shape index (κ2) is 7.04. The van der Waals surface area contributed by atoms with E-state index in [1.165, 1.54) is 12.1 Å². The Morgan fingerprint density at radius 3 is 2.36 bits per heavy atom. The van der Waals surface area contributed by atoms with Crippen molar-refractivity contribution in [3.63, 3.8) is 0 Å². The molecular formula is C25H19F3N2O3. The first-order chi connectivity index (χ1) is 15.8. The zero-order valence-electron chi connectivity index (χ0n) is 17.3. The van der Waals surface area contributed by atoms with Crippen LogP contribution >= 0.6 is 0 Å². The maximum Gasteiger partial charge on any atom is 0.416 e. The molecule has 6 atom stereocenters. The van der Waals surface area contributed by atoms with Gasteiger partial charge in [-0.15, -0.1) is 0 Å². The maximum absolute atomic E-state index is 13.3. The van der Waals surface area contributed by atoms with Crippen LogP contribution in [0.15, 0.2) is 65.8 Å². The normalized spacial score (nSPS) is 32.3. The first-order valence-electron chi connectivity index (χ1n) is 10.9. The average Bonchev–Trinajstić information content (AvgIpc) is 3.53. The fourth-order valence-electron chi connectivity index (χ4n) is 6.12. The minimum Gasteiger partial charge on any atom is -0.391 e. The molecule has 0 radical (unpaired) electrons. The molecule has 2 aliphatic carbocycles. The Balaban J connectivity index is 1.29. The smallest absolute Gasteiger partial charge is 0.391 e. The number of carbonyl (C=O) groups excluding carboxylic acids is 2. The largest absolute Gasteiger partial charge is 0.416 e. The number of imide groups is 1. The Labute approximate surface area is 187 Å². The van der Waals surface area contributed by atoms with Crippen LogP contribution < -0.4 is 4.90 Å². The molecule has 6 rings (SSSR count). The molecule has 3 fully saturated rings. The van der Waals surface area contributed by atoms with Crippen molar-refractivity contribution in [1.82, 2.24) is 0 Å². The highest BCUT2D eigenvalue weighted by atomic mass is 19.4. The molecule has 2 heterocycles. The summed E-state index contributed by atoms with van der Waals surface area (Å²) in [7, 11) is 0. The predicted octanol–water partition coefficient (Wildman–Crippen LogP) is 4.55. The molecular weight excluding hydrogens is 433 g/mol. The standard InChI is InChI=1S/C25H19F3N2O3/c26-25(27,28)14-7-4-8-15(11-14)30-23(31)20-16-12-17(21(20)24(30)32)22-19(16)18(29-33-22)10-9-13-5-2-1-3-6-13/h1-11,16-17,19-22H,12H2/b10-9+/t16-,17-,19+,20+,21-,22+/m0/s1. The number of nitrogens with zero attached hydrogens (tertiary/aromatic N) is 2. The predicted molar refractivity (Wildman–Crippen MR) is 114 cm³/mol. The third kappa shape index (κ3) is 2.96. The number of hydrogen-bond donors (Lipinski definition) is 0. The fourth-order valence-corrected chi connectivity index (χ4v) is 6.12. The second-order valence-corrected chi connectivity index (χ2v) is 9.03. The summed E-state index contributed by atoms with van der Waals surface area (Å²) in [5.74, 6) is -2.40. The molecule has 2 saturated carbocycles. The van der Waals surface area contributed by atoms with Crippen molar-refractivity contribution >= 4 is 29.3 Å². The monoisotopic (exact) mass is 452 g/mol. The van der Waals surface area contributed by atoms with Gasteiger partial charge in [0.15, 0.2) is 0 Å². The van der Waals surface area contributed by atoms with E-state index >= 15 is 0 Å². The van der Waals surface area contributed by atoms with E-state index in [9.17, 15) is 22.8 Å². The summed E-state index contributed by atoms with van der Waals surface area (Å²) in [6.45, 7) is 0. The summed E-state index contributed by atoms with van der Waals surface area (Å²) < 4.78 is 39.6. The molecule has 2 aliphatic heterocycles. The molecule has 0 N–H and O–H groups in total. The second-order valence-electron chi connectivity index (χ2n) is 9.03. The molecule has 4 aliphatic rings. The third-order valence-corrected chi connectivity index (χ3v) is 7.40. The maximum atomic E-state index is 13.3. The number of anilines is 1. The van der Waals surface area contributed by atoms with Crippen LogP contribution in [0.5, 0.6) is 0 Å². The van der Waals surface area contributed by atoms with Gasteiger partial charge in [-0.05, 0) is 42.2 Å². The van der Waals surface area contributed by atoms with E-state index in [4.69, 9.17) is 4.84 Å².